The van der Waals surface area contributed by atoms with E-state index >= 15 is 0 Å². The zero-order chi connectivity index (χ0) is 11.4. The number of rotatable bonds is 4. The topological polar surface area (TPSA) is 50.4 Å². The van der Waals surface area contributed by atoms with Gasteiger partial charge >= 0.3 is 6.09 Å². The van der Waals surface area contributed by atoms with Gasteiger partial charge < -0.3 is 15.4 Å². The van der Waals surface area contributed by atoms with Gasteiger partial charge in [-0.15, -0.1) is 0 Å². The fourth-order valence-electron chi connectivity index (χ4n) is 2.51. The van der Waals surface area contributed by atoms with E-state index in [1.807, 2.05) is 0 Å². The number of carbonyl (C=O) groups excluding carboxylic acids is 1. The Hall–Kier alpha value is -0.770. The summed E-state index contributed by atoms with van der Waals surface area (Å²) in [5.74, 6) is 0. The second kappa shape index (κ2) is 5.04. The highest BCUT2D eigenvalue weighted by Crippen LogP contribution is 2.50. The average molecular weight is 226 g/mol. The molecule has 0 aromatic carbocycles. The molecule has 1 aliphatic carbocycles. The normalized spacial score (nSPS) is 32.4. The maximum Gasteiger partial charge on any atom is 0.407 e. The monoisotopic (exact) mass is 226 g/mol. The Morgan fingerprint density at radius 1 is 1.62 bits per heavy atom. The van der Waals surface area contributed by atoms with Crippen molar-refractivity contribution in [3.63, 3.8) is 0 Å². The Morgan fingerprint density at radius 2 is 2.50 bits per heavy atom. The maximum absolute atomic E-state index is 11.4. The summed E-state index contributed by atoms with van der Waals surface area (Å²) in [6.45, 7) is 4.80. The summed E-state index contributed by atoms with van der Waals surface area (Å²) in [5.41, 5.74) is 0.349. The number of hydrogen-bond donors (Lipinski definition) is 2. The fourth-order valence-corrected chi connectivity index (χ4v) is 2.51. The molecule has 0 radical (unpaired) electrons. The third-order valence-electron chi connectivity index (χ3n) is 3.72. The van der Waals surface area contributed by atoms with Crippen LogP contribution in [0.2, 0.25) is 0 Å². The highest BCUT2D eigenvalue weighted by atomic mass is 16.5. The Morgan fingerprint density at radius 3 is 3.19 bits per heavy atom. The zero-order valence-electron chi connectivity index (χ0n) is 10.1. The molecule has 1 spiro atoms. The van der Waals surface area contributed by atoms with Gasteiger partial charge in [-0.3, -0.25) is 0 Å². The first-order valence-electron chi connectivity index (χ1n) is 6.41. The minimum absolute atomic E-state index is 0.235. The highest BCUT2D eigenvalue weighted by molar-refractivity contribution is 5.68. The fraction of sp³-hybridized carbons (Fsp3) is 0.917. The summed E-state index contributed by atoms with van der Waals surface area (Å²) in [5, 5.41) is 6.37. The lowest BCUT2D eigenvalue weighted by molar-refractivity contribution is 0.142. The van der Waals surface area contributed by atoms with E-state index in [2.05, 4.69) is 17.6 Å². The molecule has 1 saturated heterocycles. The maximum atomic E-state index is 11.4. The largest absolute Gasteiger partial charge is 0.450 e. The number of alkyl carbamates (subject to hydrolysis) is 1. The van der Waals surface area contributed by atoms with Crippen LogP contribution < -0.4 is 10.6 Å². The zero-order valence-corrected chi connectivity index (χ0v) is 10.1. The first-order chi connectivity index (χ1) is 7.77. The molecule has 0 aromatic heterocycles. The van der Waals surface area contributed by atoms with Crippen LogP contribution in [-0.2, 0) is 4.74 Å². The molecule has 16 heavy (non-hydrogen) atoms. The van der Waals surface area contributed by atoms with Crippen LogP contribution in [0.1, 0.15) is 39.0 Å². The predicted molar refractivity (Wildman–Crippen MR) is 62.3 cm³/mol. The summed E-state index contributed by atoms with van der Waals surface area (Å²) in [6.07, 6.45) is 5.35. The first-order valence-corrected chi connectivity index (χ1v) is 6.41. The van der Waals surface area contributed by atoms with Crippen molar-refractivity contribution in [3.05, 3.63) is 0 Å². The molecular formula is C12H22N2O2. The summed E-state index contributed by atoms with van der Waals surface area (Å²) in [7, 11) is 0. The average Bonchev–Trinajstić information content (AvgIpc) is 2.92. The molecule has 92 valence electrons. The van der Waals surface area contributed by atoms with Gasteiger partial charge in [0.25, 0.3) is 0 Å². The van der Waals surface area contributed by atoms with Gasteiger partial charge in [0, 0.05) is 18.0 Å². The summed E-state index contributed by atoms with van der Waals surface area (Å²) >= 11 is 0. The number of unbranched alkanes of at least 4 members (excludes halogenated alkanes) is 1. The third kappa shape index (κ3) is 2.67. The standard InChI is InChI=1S/C12H22N2O2/c1-2-3-7-16-11(15)14-10-8-12(10)5-4-6-13-9-12/h10,13H,2-9H2,1H3,(H,14,15). The van der Waals surface area contributed by atoms with Gasteiger partial charge in [0.2, 0.25) is 0 Å². The second-order valence-electron chi connectivity index (χ2n) is 5.03. The van der Waals surface area contributed by atoms with Crippen LogP contribution in [0.4, 0.5) is 4.79 Å². The van der Waals surface area contributed by atoms with Crippen LogP contribution in [0.15, 0.2) is 0 Å². The molecule has 2 N–H and O–H groups in total. The van der Waals surface area contributed by atoms with Gasteiger partial charge in [0.15, 0.2) is 0 Å². The molecule has 1 amide bonds. The van der Waals surface area contributed by atoms with Crippen molar-refractivity contribution in [3.8, 4) is 0 Å². The van der Waals surface area contributed by atoms with Crippen molar-refractivity contribution >= 4 is 6.09 Å². The first kappa shape index (κ1) is 11.7. The lowest BCUT2D eigenvalue weighted by Gasteiger charge is -2.23. The molecule has 2 atom stereocenters. The van der Waals surface area contributed by atoms with E-state index in [9.17, 15) is 4.79 Å². The van der Waals surface area contributed by atoms with Crippen LogP contribution in [0, 0.1) is 5.41 Å². The molecule has 4 heteroatoms. The van der Waals surface area contributed by atoms with Gasteiger partial charge in [0.1, 0.15) is 0 Å². The molecule has 1 heterocycles. The van der Waals surface area contributed by atoms with Crippen LogP contribution in [0.25, 0.3) is 0 Å². The van der Waals surface area contributed by atoms with Crippen molar-refractivity contribution in [1.82, 2.24) is 10.6 Å². The molecule has 2 rings (SSSR count). The molecule has 2 fully saturated rings. The molecule has 0 aromatic rings. The SMILES string of the molecule is CCCCOC(=O)NC1CC12CCCNC2. The van der Waals surface area contributed by atoms with Crippen LogP contribution in [0.5, 0.6) is 0 Å². The number of nitrogens with one attached hydrogen (secondary N) is 2. The summed E-state index contributed by atoms with van der Waals surface area (Å²) in [6, 6.07) is 0.342. The number of amides is 1. The van der Waals surface area contributed by atoms with Gasteiger partial charge in [-0.2, -0.15) is 0 Å². The molecule has 4 nitrogen and oxygen atoms in total. The van der Waals surface area contributed by atoms with E-state index in [0.717, 1.165) is 32.4 Å². The lowest BCUT2D eigenvalue weighted by atomic mass is 9.96. The van der Waals surface area contributed by atoms with E-state index in [4.69, 9.17) is 4.74 Å². The van der Waals surface area contributed by atoms with Gasteiger partial charge in [-0.1, -0.05) is 13.3 Å². The number of carbonyl (C=O) groups is 1. The smallest absolute Gasteiger partial charge is 0.407 e. The van der Waals surface area contributed by atoms with Gasteiger partial charge in [0.05, 0.1) is 6.61 Å². The van der Waals surface area contributed by atoms with Gasteiger partial charge in [-0.25, -0.2) is 4.79 Å². The predicted octanol–water partition coefficient (Wildman–Crippen LogP) is 1.65. The van der Waals surface area contributed by atoms with E-state index in [1.54, 1.807) is 0 Å². The lowest BCUT2D eigenvalue weighted by Crippen LogP contribution is -2.38. The van der Waals surface area contributed by atoms with Crippen molar-refractivity contribution in [2.24, 2.45) is 5.41 Å². The van der Waals surface area contributed by atoms with E-state index < -0.39 is 0 Å². The van der Waals surface area contributed by atoms with Crippen LogP contribution >= 0.6 is 0 Å². The minimum atomic E-state index is -0.235. The van der Waals surface area contributed by atoms with E-state index in [-0.39, 0.29) is 6.09 Å². The number of ether oxygens (including phenoxy) is 1. The number of hydrogen-bond acceptors (Lipinski definition) is 3. The molecule has 1 saturated carbocycles. The summed E-state index contributed by atoms with van der Waals surface area (Å²) in [4.78, 5) is 11.4. The Bertz CT molecular complexity index is 249. The van der Waals surface area contributed by atoms with Crippen molar-refractivity contribution < 1.29 is 9.53 Å². The Labute approximate surface area is 97.1 Å². The molecule has 1 aliphatic heterocycles. The van der Waals surface area contributed by atoms with E-state index in [0.29, 0.717) is 18.1 Å². The van der Waals surface area contributed by atoms with Crippen molar-refractivity contribution in [1.29, 1.82) is 0 Å². The summed E-state index contributed by atoms with van der Waals surface area (Å²) < 4.78 is 5.10. The molecule has 0 bridgehead atoms. The Balaban J connectivity index is 1.65. The molecule has 2 aliphatic rings. The molecular weight excluding hydrogens is 204 g/mol. The Kier molecular flexibility index (Phi) is 3.69. The quantitative estimate of drug-likeness (QED) is 0.717. The van der Waals surface area contributed by atoms with Crippen LogP contribution in [0.3, 0.4) is 0 Å². The molecule has 2 unspecified atom stereocenters. The van der Waals surface area contributed by atoms with Gasteiger partial charge in [-0.05, 0) is 32.2 Å². The van der Waals surface area contributed by atoms with Crippen LogP contribution in [-0.4, -0.2) is 31.8 Å². The second-order valence-corrected chi connectivity index (χ2v) is 5.03. The third-order valence-corrected chi connectivity index (χ3v) is 3.72. The highest BCUT2D eigenvalue weighted by Gasteiger charge is 2.55. The van der Waals surface area contributed by atoms with Crippen molar-refractivity contribution in [2.45, 2.75) is 45.1 Å². The van der Waals surface area contributed by atoms with Crippen molar-refractivity contribution in [2.75, 3.05) is 19.7 Å². The minimum Gasteiger partial charge on any atom is -0.450 e. The van der Waals surface area contributed by atoms with E-state index in [1.165, 1.54) is 12.8 Å². The number of piperidine rings is 1.